The Kier molecular flexibility index (Phi) is 5.88. The maximum absolute atomic E-state index is 11.8. The highest BCUT2D eigenvalue weighted by Gasteiger charge is 2.34. The van der Waals surface area contributed by atoms with Gasteiger partial charge in [0.15, 0.2) is 9.84 Å². The van der Waals surface area contributed by atoms with Crippen molar-refractivity contribution < 1.29 is 23.1 Å². The number of carbonyl (C=O) groups excluding carboxylic acids is 1. The van der Waals surface area contributed by atoms with Gasteiger partial charge in [-0.1, -0.05) is 13.3 Å². The van der Waals surface area contributed by atoms with Crippen LogP contribution in [-0.4, -0.2) is 53.4 Å². The lowest BCUT2D eigenvalue weighted by molar-refractivity contribution is -0.146. The monoisotopic (exact) mass is 323 g/mol. The maximum Gasteiger partial charge on any atom is 0.329 e. The van der Waals surface area contributed by atoms with Crippen molar-refractivity contribution in [2.24, 2.45) is 0 Å². The van der Waals surface area contributed by atoms with Crippen LogP contribution in [0.15, 0.2) is 0 Å². The number of aliphatic carboxylic acids is 1. The summed E-state index contributed by atoms with van der Waals surface area (Å²) in [5.74, 6) is -1.04. The van der Waals surface area contributed by atoms with Crippen molar-refractivity contribution in [3.63, 3.8) is 0 Å². The molecule has 0 aromatic heterocycles. The number of rotatable bonds is 7. The van der Waals surface area contributed by atoms with Gasteiger partial charge in [0.05, 0.1) is 17.3 Å². The number of hydrogen-bond donors (Lipinski definition) is 2. The highest BCUT2D eigenvalue weighted by molar-refractivity contribution is 8.02. The third-order valence-electron chi connectivity index (χ3n) is 3.28. The Morgan fingerprint density at radius 3 is 2.55 bits per heavy atom. The Morgan fingerprint density at radius 1 is 1.45 bits per heavy atom. The molecule has 0 saturated carbocycles. The number of thioether (sulfide) groups is 1. The predicted octanol–water partition coefficient (Wildman–Crippen LogP) is 0.666. The van der Waals surface area contributed by atoms with E-state index in [1.54, 1.807) is 0 Å². The van der Waals surface area contributed by atoms with Crippen LogP contribution in [0.5, 0.6) is 0 Å². The first-order valence-electron chi connectivity index (χ1n) is 6.55. The predicted molar refractivity (Wildman–Crippen MR) is 78.6 cm³/mol. The molecular weight excluding hydrogens is 302 g/mol. The molecule has 116 valence electrons. The van der Waals surface area contributed by atoms with Gasteiger partial charge in [0.1, 0.15) is 5.54 Å². The van der Waals surface area contributed by atoms with Crippen LogP contribution in [0, 0.1) is 0 Å². The van der Waals surface area contributed by atoms with Crippen molar-refractivity contribution in [1.29, 1.82) is 0 Å². The molecule has 8 heteroatoms. The van der Waals surface area contributed by atoms with Crippen LogP contribution in [0.2, 0.25) is 0 Å². The number of amides is 1. The quantitative estimate of drug-likeness (QED) is 0.714. The minimum atomic E-state index is -2.95. The highest BCUT2D eigenvalue weighted by atomic mass is 32.2. The molecule has 2 N–H and O–H groups in total. The first-order valence-corrected chi connectivity index (χ1v) is 9.42. The second kappa shape index (κ2) is 6.80. The van der Waals surface area contributed by atoms with E-state index in [0.717, 1.165) is 0 Å². The zero-order valence-corrected chi connectivity index (χ0v) is 13.3. The van der Waals surface area contributed by atoms with E-state index in [9.17, 15) is 18.0 Å². The van der Waals surface area contributed by atoms with E-state index < -0.39 is 21.3 Å². The second-order valence-electron chi connectivity index (χ2n) is 5.27. The van der Waals surface area contributed by atoms with Crippen molar-refractivity contribution >= 4 is 33.5 Å². The number of carboxylic acid groups (broad SMARTS) is 1. The average molecular weight is 323 g/mol. The lowest BCUT2D eigenvalue weighted by Gasteiger charge is -2.25. The summed E-state index contributed by atoms with van der Waals surface area (Å²) in [6.07, 6.45) is 1.57. The third-order valence-corrected chi connectivity index (χ3v) is 6.56. The number of nitrogens with one attached hydrogen (secondary N) is 1. The number of carboxylic acids is 1. The summed E-state index contributed by atoms with van der Waals surface area (Å²) in [5.41, 5.74) is -1.26. The van der Waals surface area contributed by atoms with Crippen LogP contribution in [0.1, 0.15) is 33.1 Å². The summed E-state index contributed by atoms with van der Waals surface area (Å²) < 4.78 is 22.6. The minimum Gasteiger partial charge on any atom is -0.480 e. The fourth-order valence-corrected chi connectivity index (χ4v) is 5.60. The molecule has 0 aromatic carbocycles. The first kappa shape index (κ1) is 17.3. The van der Waals surface area contributed by atoms with E-state index in [1.807, 2.05) is 6.92 Å². The van der Waals surface area contributed by atoms with Crippen LogP contribution >= 0.6 is 11.8 Å². The van der Waals surface area contributed by atoms with E-state index in [-0.39, 0.29) is 28.4 Å². The van der Waals surface area contributed by atoms with Gasteiger partial charge < -0.3 is 10.4 Å². The molecule has 6 nitrogen and oxygen atoms in total. The lowest BCUT2D eigenvalue weighted by Crippen LogP contribution is -2.52. The molecule has 20 heavy (non-hydrogen) atoms. The summed E-state index contributed by atoms with van der Waals surface area (Å²) in [5, 5.41) is 11.6. The van der Waals surface area contributed by atoms with Gasteiger partial charge in [-0.15, -0.1) is 11.8 Å². The van der Waals surface area contributed by atoms with Gasteiger partial charge in [0.2, 0.25) is 5.91 Å². The largest absolute Gasteiger partial charge is 0.480 e. The normalized spacial score (nSPS) is 24.0. The van der Waals surface area contributed by atoms with Gasteiger partial charge in [0.25, 0.3) is 0 Å². The Balaban J connectivity index is 2.45. The van der Waals surface area contributed by atoms with Crippen LogP contribution in [0.4, 0.5) is 0 Å². The van der Waals surface area contributed by atoms with Crippen LogP contribution < -0.4 is 5.32 Å². The molecule has 0 aromatic rings. The van der Waals surface area contributed by atoms with Gasteiger partial charge in [-0.25, -0.2) is 13.2 Å². The van der Waals surface area contributed by atoms with Crippen molar-refractivity contribution in [3.8, 4) is 0 Å². The summed E-state index contributed by atoms with van der Waals surface area (Å²) in [7, 11) is -2.95. The molecule has 0 radical (unpaired) electrons. The van der Waals surface area contributed by atoms with Gasteiger partial charge >= 0.3 is 5.97 Å². The molecular formula is C12H21NO5S2. The molecule has 1 aliphatic rings. The van der Waals surface area contributed by atoms with Crippen LogP contribution in [-0.2, 0) is 19.4 Å². The van der Waals surface area contributed by atoms with Gasteiger partial charge in [0, 0.05) is 5.25 Å². The minimum absolute atomic E-state index is 0.0620. The molecule has 1 aliphatic heterocycles. The molecule has 1 heterocycles. The van der Waals surface area contributed by atoms with Crippen LogP contribution in [0.25, 0.3) is 0 Å². The molecule has 0 aliphatic carbocycles. The Labute approximate surface area is 123 Å². The number of carbonyl (C=O) groups is 2. The highest BCUT2D eigenvalue weighted by Crippen LogP contribution is 2.24. The molecule has 1 fully saturated rings. The average Bonchev–Trinajstić information content (AvgIpc) is 2.66. The summed E-state index contributed by atoms with van der Waals surface area (Å²) in [6, 6.07) is 0. The molecule has 2 unspecified atom stereocenters. The fourth-order valence-electron chi connectivity index (χ4n) is 2.15. The molecule has 1 amide bonds. The SMILES string of the molecule is CCCC(C)(NC(=O)CSC1CCS(=O)(=O)C1)C(=O)O. The van der Waals surface area contributed by atoms with Crippen molar-refractivity contribution in [1.82, 2.24) is 5.32 Å². The van der Waals surface area contributed by atoms with Gasteiger partial charge in [-0.05, 0) is 19.8 Å². The fraction of sp³-hybridized carbons (Fsp3) is 0.833. The van der Waals surface area contributed by atoms with Crippen molar-refractivity contribution in [3.05, 3.63) is 0 Å². The zero-order chi connectivity index (χ0) is 15.4. The van der Waals surface area contributed by atoms with E-state index in [4.69, 9.17) is 5.11 Å². The summed E-state index contributed by atoms with van der Waals surface area (Å²) in [4.78, 5) is 23.0. The summed E-state index contributed by atoms with van der Waals surface area (Å²) >= 11 is 1.28. The Bertz CT molecular complexity index is 476. The Hall–Kier alpha value is -0.760. The molecule has 1 saturated heterocycles. The zero-order valence-electron chi connectivity index (χ0n) is 11.7. The lowest BCUT2D eigenvalue weighted by atomic mass is 9.96. The second-order valence-corrected chi connectivity index (χ2v) is 8.79. The number of sulfone groups is 1. The summed E-state index contributed by atoms with van der Waals surface area (Å²) in [6.45, 7) is 3.34. The molecule has 0 bridgehead atoms. The number of hydrogen-bond acceptors (Lipinski definition) is 5. The smallest absolute Gasteiger partial charge is 0.329 e. The van der Waals surface area contributed by atoms with Crippen molar-refractivity contribution in [2.75, 3.05) is 17.3 Å². The Morgan fingerprint density at radius 2 is 2.10 bits per heavy atom. The van der Waals surface area contributed by atoms with E-state index in [0.29, 0.717) is 19.3 Å². The van der Waals surface area contributed by atoms with E-state index in [2.05, 4.69) is 5.32 Å². The third kappa shape index (κ3) is 4.97. The maximum atomic E-state index is 11.8. The molecule has 1 rings (SSSR count). The van der Waals surface area contributed by atoms with Crippen LogP contribution in [0.3, 0.4) is 0 Å². The van der Waals surface area contributed by atoms with Gasteiger partial charge in [-0.2, -0.15) is 0 Å². The standard InChI is InChI=1S/C12H21NO5S2/c1-3-5-12(2,11(15)16)13-10(14)7-19-9-4-6-20(17,18)8-9/h9H,3-8H2,1-2H3,(H,13,14)(H,15,16). The molecule has 0 spiro atoms. The van der Waals surface area contributed by atoms with Gasteiger partial charge in [-0.3, -0.25) is 4.79 Å². The van der Waals surface area contributed by atoms with Crippen molar-refractivity contribution in [2.45, 2.75) is 43.9 Å². The first-order chi connectivity index (χ1) is 9.18. The van der Waals surface area contributed by atoms with E-state index >= 15 is 0 Å². The molecule has 2 atom stereocenters. The van der Waals surface area contributed by atoms with E-state index in [1.165, 1.54) is 18.7 Å². The topological polar surface area (TPSA) is 101 Å².